The number of rotatable bonds is 57. The van der Waals surface area contributed by atoms with E-state index in [4.69, 9.17) is 14.2 Å². The largest absolute Gasteiger partial charge is 0.462 e. The molecule has 0 heterocycles. The molecule has 1 atom stereocenters. The van der Waals surface area contributed by atoms with E-state index in [9.17, 15) is 14.4 Å². The fourth-order valence-corrected chi connectivity index (χ4v) is 8.33. The Morgan fingerprint density at radius 2 is 0.488 bits per heavy atom. The summed E-state index contributed by atoms with van der Waals surface area (Å²) >= 11 is 0. The van der Waals surface area contributed by atoms with Crippen LogP contribution in [0.4, 0.5) is 0 Å². The third-order valence-electron chi connectivity index (χ3n) is 13.2. The van der Waals surface area contributed by atoms with Crippen LogP contribution in [-0.2, 0) is 28.6 Å². The van der Waals surface area contributed by atoms with Crippen molar-refractivity contribution in [2.24, 2.45) is 0 Å². The monoisotopic (exact) mass is 1130 g/mol. The number of ether oxygens (including phenoxy) is 3. The highest BCUT2D eigenvalue weighted by molar-refractivity contribution is 5.71. The van der Waals surface area contributed by atoms with E-state index in [-0.39, 0.29) is 44.0 Å². The van der Waals surface area contributed by atoms with Crippen LogP contribution in [0.5, 0.6) is 0 Å². The van der Waals surface area contributed by atoms with Gasteiger partial charge in [0.25, 0.3) is 0 Å². The molecule has 0 saturated heterocycles. The van der Waals surface area contributed by atoms with E-state index in [0.29, 0.717) is 19.3 Å². The first kappa shape index (κ1) is 76.5. The second-order valence-corrected chi connectivity index (χ2v) is 20.9. The van der Waals surface area contributed by atoms with Gasteiger partial charge in [0.05, 0.1) is 0 Å². The van der Waals surface area contributed by atoms with E-state index in [1.165, 1.54) is 70.6 Å². The lowest BCUT2D eigenvalue weighted by atomic mass is 10.0. The van der Waals surface area contributed by atoms with Crippen LogP contribution in [0.1, 0.15) is 258 Å². The second-order valence-electron chi connectivity index (χ2n) is 20.9. The summed E-state index contributed by atoms with van der Waals surface area (Å²) in [6.45, 7) is 6.32. The van der Waals surface area contributed by atoms with Crippen molar-refractivity contribution in [3.05, 3.63) is 182 Å². The molecular weight excluding hydrogens is 1010 g/mol. The van der Waals surface area contributed by atoms with Crippen LogP contribution in [0.15, 0.2) is 182 Å². The van der Waals surface area contributed by atoms with Crippen LogP contribution in [0.2, 0.25) is 0 Å². The quantitative estimate of drug-likeness (QED) is 0.0261. The van der Waals surface area contributed by atoms with Crippen molar-refractivity contribution in [3.63, 3.8) is 0 Å². The fourth-order valence-electron chi connectivity index (χ4n) is 8.33. The number of allylic oxidation sites excluding steroid dienone is 30. The summed E-state index contributed by atoms with van der Waals surface area (Å²) in [5.41, 5.74) is 0. The number of hydrogen-bond acceptors (Lipinski definition) is 6. The second kappa shape index (κ2) is 68.0. The van der Waals surface area contributed by atoms with Gasteiger partial charge in [-0.15, -0.1) is 0 Å². The van der Waals surface area contributed by atoms with Gasteiger partial charge in [-0.3, -0.25) is 14.4 Å². The van der Waals surface area contributed by atoms with Crippen molar-refractivity contribution in [1.29, 1.82) is 0 Å². The van der Waals surface area contributed by atoms with Gasteiger partial charge in [0.1, 0.15) is 13.2 Å². The highest BCUT2D eigenvalue weighted by atomic mass is 16.6. The Morgan fingerprint density at radius 1 is 0.256 bits per heavy atom. The molecule has 0 aliphatic rings. The maximum Gasteiger partial charge on any atom is 0.306 e. The van der Waals surface area contributed by atoms with Gasteiger partial charge in [0, 0.05) is 19.3 Å². The molecule has 1 unspecified atom stereocenters. The Kier molecular flexibility index (Phi) is 63.5. The molecule has 458 valence electrons. The molecule has 6 nitrogen and oxygen atoms in total. The van der Waals surface area contributed by atoms with Gasteiger partial charge in [-0.05, 0) is 135 Å². The smallest absolute Gasteiger partial charge is 0.306 e. The van der Waals surface area contributed by atoms with Gasteiger partial charge in [0.15, 0.2) is 6.10 Å². The summed E-state index contributed by atoms with van der Waals surface area (Å²) in [7, 11) is 0. The molecule has 82 heavy (non-hydrogen) atoms. The predicted molar refractivity (Wildman–Crippen MR) is 357 cm³/mol. The van der Waals surface area contributed by atoms with E-state index in [1.807, 2.05) is 0 Å². The summed E-state index contributed by atoms with van der Waals surface area (Å²) < 4.78 is 16.8. The normalized spacial score (nSPS) is 13.4. The van der Waals surface area contributed by atoms with E-state index < -0.39 is 6.10 Å². The van der Waals surface area contributed by atoms with Crippen LogP contribution in [0.3, 0.4) is 0 Å². The zero-order valence-electron chi connectivity index (χ0n) is 52.4. The molecular formula is C76H118O6. The minimum Gasteiger partial charge on any atom is -0.462 e. The van der Waals surface area contributed by atoms with Crippen molar-refractivity contribution >= 4 is 17.9 Å². The number of carbonyl (C=O) groups excluding carboxylic acids is 3. The SMILES string of the molecule is CC/C=C\C/C=C\C/C=C\C/C=C\C/C=C\C/C=C\C/C=C\C/C=C\C/C=C\C/C=C\CCCCC(=O)OCC(COC(=O)CCCCCCCCCCCCCCCC)OC(=O)CCC/C=C\C/C=C\C/C=C\C/C=C\C/C=C\CC. The van der Waals surface area contributed by atoms with Crippen molar-refractivity contribution in [3.8, 4) is 0 Å². The molecule has 0 aliphatic heterocycles. The molecule has 0 bridgehead atoms. The standard InChI is InChI=1S/C76H118O6/c1-4-7-10-13-16-19-22-25-28-30-31-32-33-34-35-36-37-38-39-40-41-42-43-44-45-47-48-51-54-57-60-63-66-69-75(78)81-72-73(71-80-74(77)68-65-62-59-56-53-50-27-24-21-18-15-12-9-6-3)82-76(79)70-67-64-61-58-55-52-49-46-29-26-23-20-17-14-11-8-5-2/h7-8,10-11,16-17,19-20,25-26,28-29,31-32,34-35,37-38,40-41,43-44,47-49,52,54,57-58,61,73H,4-6,9,12-15,18,21-24,27,30,33,36,39,42,45-46,50-51,53,55-56,59-60,62-72H2,1-3H3/b10-7-,11-8-,19-16-,20-17-,28-25-,29-26-,32-31-,35-34-,38-37-,41-40-,44-43-,48-47-,52-49-,57-54-,61-58-. The lowest BCUT2D eigenvalue weighted by molar-refractivity contribution is -0.167. The Hall–Kier alpha value is -5.49. The Balaban J connectivity index is 4.47. The Bertz CT molecular complexity index is 1920. The van der Waals surface area contributed by atoms with Crippen LogP contribution in [-0.4, -0.2) is 37.2 Å². The van der Waals surface area contributed by atoms with Crippen LogP contribution in [0, 0.1) is 0 Å². The molecule has 0 fully saturated rings. The minimum absolute atomic E-state index is 0.121. The van der Waals surface area contributed by atoms with E-state index in [1.54, 1.807) is 0 Å². The lowest BCUT2D eigenvalue weighted by Gasteiger charge is -2.18. The molecule has 0 rings (SSSR count). The molecule has 0 spiro atoms. The number of carbonyl (C=O) groups is 3. The molecule has 0 N–H and O–H groups in total. The van der Waals surface area contributed by atoms with Crippen LogP contribution in [0.25, 0.3) is 0 Å². The van der Waals surface area contributed by atoms with Crippen molar-refractivity contribution < 1.29 is 28.6 Å². The first-order valence-electron chi connectivity index (χ1n) is 32.8. The maximum atomic E-state index is 12.9. The number of unbranched alkanes of at least 4 members (excludes halogenated alkanes) is 16. The average molecular weight is 1130 g/mol. The van der Waals surface area contributed by atoms with Crippen LogP contribution >= 0.6 is 0 Å². The van der Waals surface area contributed by atoms with Gasteiger partial charge in [-0.2, -0.15) is 0 Å². The van der Waals surface area contributed by atoms with Gasteiger partial charge in [0.2, 0.25) is 0 Å². The Labute approximate surface area is 504 Å². The summed E-state index contributed by atoms with van der Waals surface area (Å²) in [6, 6.07) is 0. The summed E-state index contributed by atoms with van der Waals surface area (Å²) in [6.07, 6.45) is 102. The summed E-state index contributed by atoms with van der Waals surface area (Å²) in [4.78, 5) is 38.3. The van der Waals surface area contributed by atoms with Gasteiger partial charge < -0.3 is 14.2 Å². The highest BCUT2D eigenvalue weighted by Gasteiger charge is 2.19. The predicted octanol–water partition coefficient (Wildman–Crippen LogP) is 22.8. The molecule has 0 aliphatic carbocycles. The third kappa shape index (κ3) is 65.3. The molecule has 0 radical (unpaired) electrons. The third-order valence-corrected chi connectivity index (χ3v) is 13.2. The molecule has 0 saturated carbocycles. The number of hydrogen-bond donors (Lipinski definition) is 0. The minimum atomic E-state index is -0.835. The fraction of sp³-hybridized carbons (Fsp3) is 0.566. The lowest BCUT2D eigenvalue weighted by Crippen LogP contribution is -2.30. The summed E-state index contributed by atoms with van der Waals surface area (Å²) in [5.74, 6) is -1.03. The van der Waals surface area contributed by atoms with Gasteiger partial charge in [-0.25, -0.2) is 0 Å². The van der Waals surface area contributed by atoms with Gasteiger partial charge in [-0.1, -0.05) is 287 Å². The Morgan fingerprint density at radius 3 is 0.780 bits per heavy atom. The van der Waals surface area contributed by atoms with Crippen molar-refractivity contribution in [2.75, 3.05) is 13.2 Å². The highest BCUT2D eigenvalue weighted by Crippen LogP contribution is 2.15. The summed E-state index contributed by atoms with van der Waals surface area (Å²) in [5, 5.41) is 0. The zero-order chi connectivity index (χ0) is 59.2. The van der Waals surface area contributed by atoms with Crippen LogP contribution < -0.4 is 0 Å². The zero-order valence-corrected chi connectivity index (χ0v) is 52.4. The first-order chi connectivity index (χ1) is 40.5. The van der Waals surface area contributed by atoms with E-state index >= 15 is 0 Å². The first-order valence-corrected chi connectivity index (χ1v) is 32.8. The molecule has 0 aromatic carbocycles. The van der Waals surface area contributed by atoms with E-state index in [0.717, 1.165) is 135 Å². The molecule has 0 amide bonds. The average Bonchev–Trinajstić information content (AvgIpc) is 3.47. The van der Waals surface area contributed by atoms with E-state index in [2.05, 4.69) is 203 Å². The van der Waals surface area contributed by atoms with Crippen molar-refractivity contribution in [1.82, 2.24) is 0 Å². The maximum absolute atomic E-state index is 12.9. The number of esters is 3. The van der Waals surface area contributed by atoms with Crippen molar-refractivity contribution in [2.45, 2.75) is 264 Å². The molecule has 0 aromatic rings. The molecule has 6 heteroatoms. The van der Waals surface area contributed by atoms with Gasteiger partial charge >= 0.3 is 17.9 Å². The topological polar surface area (TPSA) is 78.9 Å². The molecule has 0 aromatic heterocycles.